The van der Waals surface area contributed by atoms with E-state index in [1.54, 1.807) is 18.4 Å². The molecular formula is C17H17FN4O2S3. The molecule has 2 aromatic heterocycles. The normalized spacial score (nSPS) is 10.9. The predicted molar refractivity (Wildman–Crippen MR) is 105 cm³/mol. The molecule has 3 aromatic rings. The van der Waals surface area contributed by atoms with Gasteiger partial charge >= 0.3 is 0 Å². The van der Waals surface area contributed by atoms with Crippen molar-refractivity contribution < 1.29 is 13.6 Å². The van der Waals surface area contributed by atoms with Crippen molar-refractivity contribution in [2.45, 2.75) is 27.8 Å². The van der Waals surface area contributed by atoms with Crippen LogP contribution in [0.4, 0.5) is 4.39 Å². The molecule has 0 fully saturated rings. The fourth-order valence-electron chi connectivity index (χ4n) is 1.99. The first-order valence-electron chi connectivity index (χ1n) is 8.20. The number of rotatable bonds is 9. The van der Waals surface area contributed by atoms with Gasteiger partial charge in [-0.1, -0.05) is 41.8 Å². The summed E-state index contributed by atoms with van der Waals surface area (Å²) in [6.45, 7) is 2.70. The highest BCUT2D eigenvalue weighted by atomic mass is 32.2. The number of carbonyl (C=O) groups excluding carboxylic acids is 1. The molecule has 0 saturated carbocycles. The lowest BCUT2D eigenvalue weighted by atomic mass is 10.2. The Morgan fingerprint density at radius 3 is 2.70 bits per heavy atom. The molecule has 10 heteroatoms. The van der Waals surface area contributed by atoms with Crippen molar-refractivity contribution in [2.24, 2.45) is 0 Å². The SMILES string of the molecule is CCCNC(=O)CSc1nnc(SCc2coc(-c3ccc(F)cc3)n2)s1. The average Bonchev–Trinajstić information content (AvgIpc) is 3.33. The summed E-state index contributed by atoms with van der Waals surface area (Å²) in [5.74, 6) is 1.08. The second kappa shape index (κ2) is 9.86. The smallest absolute Gasteiger partial charge is 0.230 e. The maximum Gasteiger partial charge on any atom is 0.230 e. The summed E-state index contributed by atoms with van der Waals surface area (Å²) in [6, 6.07) is 6.00. The van der Waals surface area contributed by atoms with E-state index in [0.29, 0.717) is 23.9 Å². The lowest BCUT2D eigenvalue weighted by Gasteiger charge is -2.00. The monoisotopic (exact) mass is 424 g/mol. The number of amides is 1. The third-order valence-corrected chi connectivity index (χ3v) is 6.50. The van der Waals surface area contributed by atoms with E-state index in [0.717, 1.165) is 26.4 Å². The number of benzene rings is 1. The van der Waals surface area contributed by atoms with Crippen LogP contribution in [0.15, 0.2) is 43.6 Å². The lowest BCUT2D eigenvalue weighted by molar-refractivity contribution is -0.118. The van der Waals surface area contributed by atoms with Crippen LogP contribution in [-0.2, 0) is 10.5 Å². The van der Waals surface area contributed by atoms with Crippen LogP contribution in [0.5, 0.6) is 0 Å². The first-order valence-corrected chi connectivity index (χ1v) is 11.0. The van der Waals surface area contributed by atoms with Gasteiger partial charge in [0.2, 0.25) is 11.8 Å². The standard InChI is InChI=1S/C17H17FN4O2S3/c1-2-7-19-14(23)10-26-17-22-21-16(27-17)25-9-13-8-24-15(20-13)11-3-5-12(18)6-4-11/h3-6,8H,2,7,9-10H2,1H3,(H,19,23). The van der Waals surface area contributed by atoms with Crippen LogP contribution in [0, 0.1) is 5.82 Å². The van der Waals surface area contributed by atoms with Crippen LogP contribution < -0.4 is 5.32 Å². The van der Waals surface area contributed by atoms with Crippen molar-refractivity contribution in [1.82, 2.24) is 20.5 Å². The molecular weight excluding hydrogens is 407 g/mol. The van der Waals surface area contributed by atoms with E-state index in [1.807, 2.05) is 6.92 Å². The van der Waals surface area contributed by atoms with Crippen LogP contribution in [-0.4, -0.2) is 33.4 Å². The molecule has 142 valence electrons. The lowest BCUT2D eigenvalue weighted by Crippen LogP contribution is -2.25. The number of nitrogens with zero attached hydrogens (tertiary/aromatic N) is 3. The molecule has 0 unspecified atom stereocenters. The highest BCUT2D eigenvalue weighted by Gasteiger charge is 2.11. The molecule has 0 aliphatic carbocycles. The Morgan fingerprint density at radius 1 is 1.22 bits per heavy atom. The summed E-state index contributed by atoms with van der Waals surface area (Å²) in [7, 11) is 0. The Morgan fingerprint density at radius 2 is 1.96 bits per heavy atom. The molecule has 0 radical (unpaired) electrons. The molecule has 0 aliphatic rings. The number of carbonyl (C=O) groups is 1. The number of aromatic nitrogens is 3. The Bertz CT molecular complexity index is 882. The number of oxazole rings is 1. The third kappa shape index (κ3) is 6.05. The van der Waals surface area contributed by atoms with E-state index < -0.39 is 0 Å². The van der Waals surface area contributed by atoms with Crippen molar-refractivity contribution in [3.05, 3.63) is 42.0 Å². The molecule has 2 heterocycles. The number of nitrogens with one attached hydrogen (secondary N) is 1. The molecule has 1 amide bonds. The summed E-state index contributed by atoms with van der Waals surface area (Å²) in [4.78, 5) is 16.0. The molecule has 27 heavy (non-hydrogen) atoms. The van der Waals surface area contributed by atoms with E-state index in [2.05, 4.69) is 20.5 Å². The summed E-state index contributed by atoms with van der Waals surface area (Å²) >= 11 is 4.33. The van der Waals surface area contributed by atoms with Gasteiger partial charge in [-0.15, -0.1) is 10.2 Å². The first-order chi connectivity index (χ1) is 13.1. The Kier molecular flexibility index (Phi) is 7.25. The number of thioether (sulfide) groups is 2. The summed E-state index contributed by atoms with van der Waals surface area (Å²) < 4.78 is 20.0. The van der Waals surface area contributed by atoms with Crippen molar-refractivity contribution >= 4 is 40.8 Å². The quantitative estimate of drug-likeness (QED) is 0.515. The van der Waals surface area contributed by atoms with Gasteiger partial charge in [0.15, 0.2) is 8.68 Å². The van der Waals surface area contributed by atoms with Gasteiger partial charge in [-0.2, -0.15) is 0 Å². The molecule has 1 aromatic carbocycles. The number of halogens is 1. The fraction of sp³-hybridized carbons (Fsp3) is 0.294. The summed E-state index contributed by atoms with van der Waals surface area (Å²) in [5, 5.41) is 11.0. The average molecular weight is 425 g/mol. The topological polar surface area (TPSA) is 80.9 Å². The van der Waals surface area contributed by atoms with Gasteiger partial charge in [0.25, 0.3) is 0 Å². The van der Waals surface area contributed by atoms with Gasteiger partial charge in [-0.3, -0.25) is 4.79 Å². The predicted octanol–water partition coefficient (Wildman–Crippen LogP) is 4.24. The number of hydrogen-bond acceptors (Lipinski definition) is 8. The van der Waals surface area contributed by atoms with Crippen molar-refractivity contribution in [2.75, 3.05) is 12.3 Å². The van der Waals surface area contributed by atoms with Crippen LogP contribution in [0.1, 0.15) is 19.0 Å². The van der Waals surface area contributed by atoms with Gasteiger partial charge < -0.3 is 9.73 Å². The second-order valence-electron chi connectivity index (χ2n) is 5.41. The molecule has 0 bridgehead atoms. The van der Waals surface area contributed by atoms with Gasteiger partial charge in [0.1, 0.15) is 12.1 Å². The van der Waals surface area contributed by atoms with Gasteiger partial charge in [0, 0.05) is 17.9 Å². The highest BCUT2D eigenvalue weighted by molar-refractivity contribution is 8.03. The molecule has 0 saturated heterocycles. The zero-order chi connectivity index (χ0) is 19.1. The summed E-state index contributed by atoms with van der Waals surface area (Å²) in [5.41, 5.74) is 1.49. The van der Waals surface area contributed by atoms with Crippen molar-refractivity contribution in [3.8, 4) is 11.5 Å². The zero-order valence-electron chi connectivity index (χ0n) is 14.5. The van der Waals surface area contributed by atoms with E-state index in [-0.39, 0.29) is 11.7 Å². The van der Waals surface area contributed by atoms with Crippen LogP contribution in [0.2, 0.25) is 0 Å². The molecule has 6 nitrogen and oxygen atoms in total. The molecule has 0 spiro atoms. The minimum absolute atomic E-state index is 0.00201. The Hall–Kier alpha value is -1.91. The minimum Gasteiger partial charge on any atom is -0.444 e. The summed E-state index contributed by atoms with van der Waals surface area (Å²) in [6.07, 6.45) is 2.50. The van der Waals surface area contributed by atoms with Gasteiger partial charge in [0.05, 0.1) is 11.4 Å². The van der Waals surface area contributed by atoms with E-state index in [1.165, 1.54) is 47.0 Å². The van der Waals surface area contributed by atoms with Crippen LogP contribution in [0.3, 0.4) is 0 Å². The van der Waals surface area contributed by atoms with E-state index in [9.17, 15) is 9.18 Å². The first kappa shape index (κ1) is 19.8. The van der Waals surface area contributed by atoms with Crippen LogP contribution >= 0.6 is 34.9 Å². The van der Waals surface area contributed by atoms with E-state index in [4.69, 9.17) is 4.42 Å². The third-order valence-electron chi connectivity index (χ3n) is 3.27. The number of hydrogen-bond donors (Lipinski definition) is 1. The fourth-order valence-corrected chi connectivity index (χ4v) is 4.72. The Labute approximate surface area is 168 Å². The molecule has 0 aliphatic heterocycles. The van der Waals surface area contributed by atoms with Gasteiger partial charge in [-0.25, -0.2) is 9.37 Å². The van der Waals surface area contributed by atoms with Crippen molar-refractivity contribution in [3.63, 3.8) is 0 Å². The molecule has 1 N–H and O–H groups in total. The largest absolute Gasteiger partial charge is 0.444 e. The minimum atomic E-state index is -0.297. The maximum atomic E-state index is 13.0. The second-order valence-corrected chi connectivity index (χ2v) is 8.83. The maximum absolute atomic E-state index is 13.0. The van der Waals surface area contributed by atoms with Crippen LogP contribution in [0.25, 0.3) is 11.5 Å². The van der Waals surface area contributed by atoms with Gasteiger partial charge in [-0.05, 0) is 30.7 Å². The van der Waals surface area contributed by atoms with E-state index >= 15 is 0 Å². The highest BCUT2D eigenvalue weighted by Crippen LogP contribution is 2.31. The Balaban J connectivity index is 1.49. The zero-order valence-corrected chi connectivity index (χ0v) is 16.9. The van der Waals surface area contributed by atoms with Crippen molar-refractivity contribution in [1.29, 1.82) is 0 Å². The molecule has 0 atom stereocenters. The molecule has 3 rings (SSSR count).